The van der Waals surface area contributed by atoms with Gasteiger partial charge >= 0.3 is 6.18 Å². The van der Waals surface area contributed by atoms with E-state index < -0.39 is 24.2 Å². The van der Waals surface area contributed by atoms with Crippen LogP contribution in [-0.2, 0) is 12.8 Å². The number of thiophene rings is 1. The van der Waals surface area contributed by atoms with Gasteiger partial charge in [0.25, 0.3) is 0 Å². The number of likely N-dealkylation sites (tertiary alicyclic amines) is 1. The van der Waals surface area contributed by atoms with Crippen LogP contribution in [0.3, 0.4) is 0 Å². The van der Waals surface area contributed by atoms with Crippen LogP contribution in [0.2, 0.25) is 0 Å². The second-order valence-corrected chi connectivity index (χ2v) is 10.4. The first-order chi connectivity index (χ1) is 15.6. The van der Waals surface area contributed by atoms with Crippen LogP contribution >= 0.6 is 11.3 Å². The average Bonchev–Trinajstić information content (AvgIpc) is 3.28. The third kappa shape index (κ3) is 4.68. The Morgan fingerprint density at radius 2 is 1.79 bits per heavy atom. The minimum atomic E-state index is -4.25. The summed E-state index contributed by atoms with van der Waals surface area (Å²) < 4.78 is 65.4. The Bertz CT molecular complexity index is 1150. The lowest BCUT2D eigenvalue weighted by molar-refractivity contribution is -0.126. The third-order valence-electron chi connectivity index (χ3n) is 6.63. The van der Waals surface area contributed by atoms with Crippen LogP contribution in [0.4, 0.5) is 27.8 Å². The van der Waals surface area contributed by atoms with Crippen molar-refractivity contribution >= 4 is 27.4 Å². The van der Waals surface area contributed by atoms with E-state index in [0.717, 1.165) is 50.0 Å². The number of alkyl halides is 3. The number of rotatable bonds is 5. The molecule has 2 fully saturated rings. The SMILES string of the molecule is CC(Cc1cc(F)cc(F)c1)N1CC2(CCN(c3ncnc4sc(CC(F)(F)F)cc34)C2)C1. The van der Waals surface area contributed by atoms with Gasteiger partial charge in [-0.05, 0) is 43.5 Å². The number of benzene rings is 1. The molecule has 0 aliphatic carbocycles. The van der Waals surface area contributed by atoms with Crippen molar-refractivity contribution in [2.24, 2.45) is 5.41 Å². The molecular weight excluding hydrogens is 459 g/mol. The topological polar surface area (TPSA) is 32.3 Å². The zero-order valence-electron chi connectivity index (χ0n) is 18.0. The molecule has 3 aromatic rings. The molecular formula is C23H23F5N4S. The Labute approximate surface area is 192 Å². The number of nitrogens with zero attached hydrogens (tertiary/aromatic N) is 4. The molecule has 4 heterocycles. The van der Waals surface area contributed by atoms with E-state index in [4.69, 9.17) is 0 Å². The second-order valence-electron chi connectivity index (χ2n) is 9.33. The highest BCUT2D eigenvalue weighted by Crippen LogP contribution is 2.43. The van der Waals surface area contributed by atoms with Gasteiger partial charge in [0.1, 0.15) is 28.6 Å². The molecule has 4 nitrogen and oxygen atoms in total. The van der Waals surface area contributed by atoms with Crippen molar-refractivity contribution < 1.29 is 22.0 Å². The van der Waals surface area contributed by atoms with E-state index in [9.17, 15) is 22.0 Å². The Kier molecular flexibility index (Phi) is 5.55. The fourth-order valence-electron chi connectivity index (χ4n) is 5.13. The summed E-state index contributed by atoms with van der Waals surface area (Å²) in [5.41, 5.74) is 0.744. The molecule has 2 aliphatic rings. The zero-order valence-corrected chi connectivity index (χ0v) is 18.8. The van der Waals surface area contributed by atoms with Gasteiger partial charge in [0.05, 0.1) is 11.8 Å². The highest BCUT2D eigenvalue weighted by molar-refractivity contribution is 7.18. The molecule has 1 spiro atoms. The molecule has 0 amide bonds. The molecule has 2 aromatic heterocycles. The number of aromatic nitrogens is 2. The molecule has 0 radical (unpaired) electrons. The Morgan fingerprint density at radius 3 is 2.48 bits per heavy atom. The Hall–Kier alpha value is -2.33. The van der Waals surface area contributed by atoms with Crippen LogP contribution in [-0.4, -0.2) is 53.3 Å². The van der Waals surface area contributed by atoms with Gasteiger partial charge in [-0.2, -0.15) is 13.2 Å². The van der Waals surface area contributed by atoms with Gasteiger partial charge in [-0.1, -0.05) is 0 Å². The Balaban J connectivity index is 1.25. The lowest BCUT2D eigenvalue weighted by Gasteiger charge is -2.51. The van der Waals surface area contributed by atoms with Crippen molar-refractivity contribution in [1.29, 1.82) is 0 Å². The first kappa shape index (κ1) is 22.5. The molecule has 1 aromatic carbocycles. The van der Waals surface area contributed by atoms with Crippen LogP contribution < -0.4 is 4.90 Å². The third-order valence-corrected chi connectivity index (χ3v) is 7.67. The summed E-state index contributed by atoms with van der Waals surface area (Å²) in [5, 5.41) is 0.677. The van der Waals surface area contributed by atoms with Gasteiger partial charge in [-0.25, -0.2) is 18.7 Å². The number of fused-ring (bicyclic) bond motifs is 1. The van der Waals surface area contributed by atoms with Crippen LogP contribution in [0, 0.1) is 17.0 Å². The van der Waals surface area contributed by atoms with E-state index in [1.165, 1.54) is 18.5 Å². The summed E-state index contributed by atoms with van der Waals surface area (Å²) in [6.07, 6.45) is -2.26. The monoisotopic (exact) mass is 482 g/mol. The van der Waals surface area contributed by atoms with Gasteiger partial charge < -0.3 is 4.90 Å². The summed E-state index contributed by atoms with van der Waals surface area (Å²) in [6.45, 7) is 5.37. The van der Waals surface area contributed by atoms with Crippen molar-refractivity contribution in [2.45, 2.75) is 38.4 Å². The van der Waals surface area contributed by atoms with Gasteiger partial charge in [-0.15, -0.1) is 11.3 Å². The summed E-state index contributed by atoms with van der Waals surface area (Å²) in [6, 6.07) is 5.35. The second kappa shape index (κ2) is 8.16. The highest BCUT2D eigenvalue weighted by Gasteiger charge is 2.49. The van der Waals surface area contributed by atoms with Gasteiger partial charge in [0.2, 0.25) is 0 Å². The van der Waals surface area contributed by atoms with Crippen LogP contribution in [0.1, 0.15) is 23.8 Å². The van der Waals surface area contributed by atoms with Gasteiger partial charge in [0.15, 0.2) is 0 Å². The summed E-state index contributed by atoms with van der Waals surface area (Å²) >= 11 is 1.06. The van der Waals surface area contributed by atoms with E-state index in [1.54, 1.807) is 6.07 Å². The predicted octanol–water partition coefficient (Wildman–Crippen LogP) is 5.22. The van der Waals surface area contributed by atoms with Gasteiger partial charge in [0, 0.05) is 48.6 Å². The molecule has 33 heavy (non-hydrogen) atoms. The van der Waals surface area contributed by atoms with Crippen LogP contribution in [0.25, 0.3) is 10.2 Å². The molecule has 0 saturated carbocycles. The van der Waals surface area contributed by atoms with E-state index in [1.807, 2.05) is 0 Å². The number of anilines is 1. The first-order valence-corrected chi connectivity index (χ1v) is 11.6. The van der Waals surface area contributed by atoms with Crippen molar-refractivity contribution in [3.05, 3.63) is 52.7 Å². The smallest absolute Gasteiger partial charge is 0.355 e. The minimum Gasteiger partial charge on any atom is -0.355 e. The molecule has 176 valence electrons. The molecule has 2 saturated heterocycles. The van der Waals surface area contributed by atoms with Crippen LogP contribution in [0.5, 0.6) is 0 Å². The standard InChI is InChI=1S/C23H23F5N4S/c1-14(4-15-5-16(24)7-17(25)6-15)32-11-22(12-32)2-3-31(10-22)20-19-8-18(9-23(26,27)28)33-21(19)30-13-29-20/h5-8,13-14H,2-4,9-12H2,1H3. The van der Waals surface area contributed by atoms with Crippen LogP contribution in [0.15, 0.2) is 30.6 Å². The number of hydrogen-bond donors (Lipinski definition) is 0. The molecule has 10 heteroatoms. The fourth-order valence-corrected chi connectivity index (χ4v) is 6.15. The maximum Gasteiger partial charge on any atom is 0.393 e. The summed E-state index contributed by atoms with van der Waals surface area (Å²) in [7, 11) is 0. The van der Waals surface area contributed by atoms with E-state index in [2.05, 4.69) is 26.7 Å². The molecule has 0 bridgehead atoms. The van der Waals surface area contributed by atoms with Crippen molar-refractivity contribution in [3.63, 3.8) is 0 Å². The van der Waals surface area contributed by atoms with Crippen molar-refractivity contribution in [3.8, 4) is 0 Å². The number of halogens is 5. The van der Waals surface area contributed by atoms with E-state index >= 15 is 0 Å². The minimum absolute atomic E-state index is 0.101. The maximum atomic E-state index is 13.5. The lowest BCUT2D eigenvalue weighted by Crippen LogP contribution is -2.60. The van der Waals surface area contributed by atoms with Crippen molar-refractivity contribution in [2.75, 3.05) is 31.1 Å². The van der Waals surface area contributed by atoms with Gasteiger partial charge in [-0.3, -0.25) is 4.90 Å². The fraction of sp³-hybridized carbons (Fsp3) is 0.478. The molecule has 1 atom stereocenters. The molecule has 0 N–H and O–H groups in total. The summed E-state index contributed by atoms with van der Waals surface area (Å²) in [4.78, 5) is 13.9. The average molecular weight is 483 g/mol. The predicted molar refractivity (Wildman–Crippen MR) is 118 cm³/mol. The highest BCUT2D eigenvalue weighted by atomic mass is 32.1. The molecule has 2 aliphatic heterocycles. The van der Waals surface area contributed by atoms with E-state index in [-0.39, 0.29) is 16.3 Å². The normalized spacial score (nSPS) is 19.4. The zero-order chi connectivity index (χ0) is 23.4. The van der Waals surface area contributed by atoms with Crippen molar-refractivity contribution in [1.82, 2.24) is 14.9 Å². The quantitative estimate of drug-likeness (QED) is 0.467. The summed E-state index contributed by atoms with van der Waals surface area (Å²) in [5.74, 6) is -0.429. The largest absolute Gasteiger partial charge is 0.393 e. The lowest BCUT2D eigenvalue weighted by atomic mass is 9.78. The number of hydrogen-bond acceptors (Lipinski definition) is 5. The van der Waals surface area contributed by atoms with E-state index in [0.29, 0.717) is 28.0 Å². The Morgan fingerprint density at radius 1 is 1.06 bits per heavy atom. The maximum absolute atomic E-state index is 13.5. The molecule has 5 rings (SSSR count). The first-order valence-electron chi connectivity index (χ1n) is 10.8. The molecule has 1 unspecified atom stereocenters.